The zero-order valence-corrected chi connectivity index (χ0v) is 9.40. The molecule has 0 radical (unpaired) electrons. The van der Waals surface area contributed by atoms with Gasteiger partial charge in [-0.05, 0) is 34.1 Å². The van der Waals surface area contributed by atoms with E-state index in [1.807, 2.05) is 12.1 Å². The molecule has 2 aromatic heterocycles. The molecule has 15 heavy (non-hydrogen) atoms. The number of rotatable bonds is 3. The molecule has 2 aromatic rings. The number of pyridine rings is 1. The number of ketones is 1. The third-order valence-corrected chi connectivity index (χ3v) is 2.73. The number of halogens is 1. The Bertz CT molecular complexity index is 465. The van der Waals surface area contributed by atoms with E-state index in [0.29, 0.717) is 5.56 Å². The Morgan fingerprint density at radius 1 is 1.47 bits per heavy atom. The predicted molar refractivity (Wildman–Crippen MR) is 58.7 cm³/mol. The minimum absolute atomic E-state index is 0.00292. The van der Waals surface area contributed by atoms with E-state index in [4.69, 9.17) is 4.42 Å². The lowest BCUT2D eigenvalue weighted by Gasteiger charge is -2.00. The minimum Gasteiger partial charge on any atom is -0.472 e. The van der Waals surface area contributed by atoms with Gasteiger partial charge in [0.05, 0.1) is 23.9 Å². The highest BCUT2D eigenvalue weighted by atomic mass is 79.9. The van der Waals surface area contributed by atoms with Crippen molar-refractivity contribution < 1.29 is 9.21 Å². The lowest BCUT2D eigenvalue weighted by atomic mass is 10.1. The van der Waals surface area contributed by atoms with E-state index in [0.717, 1.165) is 10.2 Å². The van der Waals surface area contributed by atoms with Crippen LogP contribution in [0.3, 0.4) is 0 Å². The summed E-state index contributed by atoms with van der Waals surface area (Å²) in [5.74, 6) is 0.00292. The molecule has 2 heterocycles. The van der Waals surface area contributed by atoms with Gasteiger partial charge in [0.15, 0.2) is 5.78 Å². The highest BCUT2D eigenvalue weighted by Crippen LogP contribution is 2.15. The number of aromatic nitrogens is 1. The first-order valence-electron chi connectivity index (χ1n) is 4.42. The normalized spacial score (nSPS) is 10.2. The monoisotopic (exact) mass is 265 g/mol. The van der Waals surface area contributed by atoms with Gasteiger partial charge in [-0.2, -0.15) is 0 Å². The highest BCUT2D eigenvalue weighted by Gasteiger charge is 2.10. The average Bonchev–Trinajstić information content (AvgIpc) is 2.74. The number of hydrogen-bond acceptors (Lipinski definition) is 3. The molecular formula is C11H8BrNO2. The summed E-state index contributed by atoms with van der Waals surface area (Å²) in [6.45, 7) is 0. The van der Waals surface area contributed by atoms with Gasteiger partial charge in [-0.1, -0.05) is 0 Å². The van der Waals surface area contributed by atoms with Crippen LogP contribution in [-0.2, 0) is 6.42 Å². The van der Waals surface area contributed by atoms with Crippen LogP contribution in [0.15, 0.2) is 45.8 Å². The van der Waals surface area contributed by atoms with Crippen molar-refractivity contribution in [2.24, 2.45) is 0 Å². The van der Waals surface area contributed by atoms with Crippen LogP contribution in [0.4, 0.5) is 0 Å². The van der Waals surface area contributed by atoms with Gasteiger partial charge in [-0.3, -0.25) is 9.78 Å². The molecule has 0 saturated heterocycles. The highest BCUT2D eigenvalue weighted by molar-refractivity contribution is 9.10. The molecule has 3 nitrogen and oxygen atoms in total. The van der Waals surface area contributed by atoms with Crippen molar-refractivity contribution in [3.8, 4) is 0 Å². The number of nitrogens with zero attached hydrogens (tertiary/aromatic N) is 1. The molecule has 0 amide bonds. The standard InChI is InChI=1S/C11H8BrNO2/c12-9-2-1-4-13-10(9)6-11(14)8-3-5-15-7-8/h1-5,7H,6H2. The molecule has 0 saturated carbocycles. The van der Waals surface area contributed by atoms with Crippen LogP contribution in [0.25, 0.3) is 0 Å². The molecule has 0 fully saturated rings. The second-order valence-corrected chi connectivity index (χ2v) is 3.90. The molecule has 0 N–H and O–H groups in total. The van der Waals surface area contributed by atoms with Gasteiger partial charge in [0.2, 0.25) is 0 Å². The van der Waals surface area contributed by atoms with Crippen LogP contribution >= 0.6 is 15.9 Å². The Labute approximate surface area is 95.3 Å². The summed E-state index contributed by atoms with van der Waals surface area (Å²) in [6, 6.07) is 5.33. The third-order valence-electron chi connectivity index (χ3n) is 2.01. The molecule has 0 spiro atoms. The maximum absolute atomic E-state index is 11.7. The molecule has 0 aliphatic heterocycles. The summed E-state index contributed by atoms with van der Waals surface area (Å²) in [5, 5.41) is 0. The predicted octanol–water partition coefficient (Wildman–Crippen LogP) is 2.86. The van der Waals surface area contributed by atoms with Crippen molar-refractivity contribution in [2.45, 2.75) is 6.42 Å². The van der Waals surface area contributed by atoms with E-state index < -0.39 is 0 Å². The van der Waals surface area contributed by atoms with Crippen molar-refractivity contribution >= 4 is 21.7 Å². The number of carbonyl (C=O) groups excluding carboxylic acids is 1. The zero-order valence-electron chi connectivity index (χ0n) is 7.81. The van der Waals surface area contributed by atoms with Crippen molar-refractivity contribution in [3.05, 3.63) is 52.7 Å². The van der Waals surface area contributed by atoms with Crippen LogP contribution in [0.2, 0.25) is 0 Å². The molecule has 2 rings (SSSR count). The molecule has 0 aromatic carbocycles. The Balaban J connectivity index is 2.17. The van der Waals surface area contributed by atoms with Gasteiger partial charge in [-0.25, -0.2) is 0 Å². The van der Waals surface area contributed by atoms with E-state index in [1.165, 1.54) is 12.5 Å². The second-order valence-electron chi connectivity index (χ2n) is 3.04. The van der Waals surface area contributed by atoms with Gasteiger partial charge in [0.1, 0.15) is 6.26 Å². The second kappa shape index (κ2) is 4.40. The molecule has 0 atom stereocenters. The van der Waals surface area contributed by atoms with E-state index in [9.17, 15) is 4.79 Å². The van der Waals surface area contributed by atoms with E-state index in [-0.39, 0.29) is 12.2 Å². The average molecular weight is 266 g/mol. The largest absolute Gasteiger partial charge is 0.472 e. The van der Waals surface area contributed by atoms with Crippen LogP contribution in [0.1, 0.15) is 16.1 Å². The van der Waals surface area contributed by atoms with Gasteiger partial charge >= 0.3 is 0 Å². The maximum Gasteiger partial charge on any atom is 0.172 e. The molecule has 4 heteroatoms. The minimum atomic E-state index is 0.00292. The number of furan rings is 1. The smallest absolute Gasteiger partial charge is 0.172 e. The number of carbonyl (C=O) groups is 1. The fourth-order valence-corrected chi connectivity index (χ4v) is 1.62. The van der Waals surface area contributed by atoms with E-state index in [1.54, 1.807) is 12.3 Å². The van der Waals surface area contributed by atoms with Gasteiger partial charge < -0.3 is 4.42 Å². The first-order chi connectivity index (χ1) is 7.27. The molecule has 0 unspecified atom stereocenters. The Morgan fingerprint density at radius 3 is 3.00 bits per heavy atom. The zero-order chi connectivity index (χ0) is 10.7. The van der Waals surface area contributed by atoms with Crippen LogP contribution in [-0.4, -0.2) is 10.8 Å². The Morgan fingerprint density at radius 2 is 2.33 bits per heavy atom. The fraction of sp³-hybridized carbons (Fsp3) is 0.0909. The van der Waals surface area contributed by atoms with Crippen LogP contribution in [0.5, 0.6) is 0 Å². The number of Topliss-reactive ketones (excluding diaryl/α,β-unsaturated/α-hetero) is 1. The van der Waals surface area contributed by atoms with E-state index in [2.05, 4.69) is 20.9 Å². The maximum atomic E-state index is 11.7. The molecule has 0 aliphatic rings. The summed E-state index contributed by atoms with van der Waals surface area (Å²) in [4.78, 5) is 15.8. The molecular weight excluding hydrogens is 258 g/mol. The quantitative estimate of drug-likeness (QED) is 0.802. The molecule has 0 aliphatic carbocycles. The van der Waals surface area contributed by atoms with Crippen LogP contribution in [0, 0.1) is 0 Å². The van der Waals surface area contributed by atoms with Gasteiger partial charge in [0.25, 0.3) is 0 Å². The molecule has 0 bridgehead atoms. The summed E-state index contributed by atoms with van der Waals surface area (Å²) < 4.78 is 5.70. The summed E-state index contributed by atoms with van der Waals surface area (Å²) >= 11 is 3.35. The SMILES string of the molecule is O=C(Cc1ncccc1Br)c1ccoc1. The Kier molecular flexibility index (Phi) is 2.97. The molecule has 76 valence electrons. The first kappa shape index (κ1) is 10.1. The van der Waals surface area contributed by atoms with E-state index >= 15 is 0 Å². The summed E-state index contributed by atoms with van der Waals surface area (Å²) in [5.41, 5.74) is 1.32. The Hall–Kier alpha value is -1.42. The fourth-order valence-electron chi connectivity index (χ4n) is 1.23. The first-order valence-corrected chi connectivity index (χ1v) is 5.21. The van der Waals surface area contributed by atoms with Crippen molar-refractivity contribution in [3.63, 3.8) is 0 Å². The lowest BCUT2D eigenvalue weighted by molar-refractivity contribution is 0.0991. The van der Waals surface area contributed by atoms with Gasteiger partial charge in [-0.15, -0.1) is 0 Å². The van der Waals surface area contributed by atoms with Crippen LogP contribution < -0.4 is 0 Å². The lowest BCUT2D eigenvalue weighted by Crippen LogP contribution is -2.04. The van der Waals surface area contributed by atoms with Gasteiger partial charge in [0, 0.05) is 10.7 Å². The van der Waals surface area contributed by atoms with Crippen molar-refractivity contribution in [1.29, 1.82) is 0 Å². The topological polar surface area (TPSA) is 43.1 Å². The number of hydrogen-bond donors (Lipinski definition) is 0. The summed E-state index contributed by atoms with van der Waals surface area (Å²) in [7, 11) is 0. The van der Waals surface area contributed by atoms with Crippen molar-refractivity contribution in [2.75, 3.05) is 0 Å². The van der Waals surface area contributed by atoms with Crippen molar-refractivity contribution in [1.82, 2.24) is 4.98 Å². The summed E-state index contributed by atoms with van der Waals surface area (Å²) in [6.07, 6.45) is 4.88. The third kappa shape index (κ3) is 2.33.